The molecular formula is C20H21N7O. The van der Waals surface area contributed by atoms with E-state index >= 15 is 0 Å². The molecule has 4 aromatic rings. The van der Waals surface area contributed by atoms with E-state index in [9.17, 15) is 4.79 Å². The Labute approximate surface area is 161 Å². The number of hydrogen-bond donors (Lipinski definition) is 1. The van der Waals surface area contributed by atoms with E-state index in [1.54, 1.807) is 13.4 Å². The van der Waals surface area contributed by atoms with E-state index < -0.39 is 0 Å². The third-order valence-electron chi connectivity index (χ3n) is 5.16. The van der Waals surface area contributed by atoms with Crippen LogP contribution in [-0.2, 0) is 13.6 Å². The van der Waals surface area contributed by atoms with Gasteiger partial charge in [0.1, 0.15) is 11.4 Å². The van der Waals surface area contributed by atoms with Crippen LogP contribution >= 0.6 is 0 Å². The quantitative estimate of drug-likeness (QED) is 0.595. The lowest BCUT2D eigenvalue weighted by molar-refractivity contribution is 0.534. The minimum atomic E-state index is -0.0585. The Kier molecular flexibility index (Phi) is 3.61. The molecule has 0 unspecified atom stereocenters. The predicted octanol–water partition coefficient (Wildman–Crippen LogP) is 2.67. The van der Waals surface area contributed by atoms with E-state index in [4.69, 9.17) is 10.1 Å². The molecule has 5 rings (SSSR count). The van der Waals surface area contributed by atoms with Crippen molar-refractivity contribution < 1.29 is 0 Å². The Balaban J connectivity index is 1.74. The van der Waals surface area contributed by atoms with Crippen molar-refractivity contribution >= 4 is 16.9 Å². The van der Waals surface area contributed by atoms with E-state index in [-0.39, 0.29) is 11.6 Å². The lowest BCUT2D eigenvalue weighted by atomic mass is 10.1. The molecule has 0 aliphatic carbocycles. The van der Waals surface area contributed by atoms with Crippen LogP contribution in [0.15, 0.2) is 41.6 Å². The fourth-order valence-corrected chi connectivity index (χ4v) is 3.67. The number of anilines is 1. The van der Waals surface area contributed by atoms with Crippen LogP contribution in [0.2, 0.25) is 0 Å². The Morgan fingerprint density at radius 1 is 1.21 bits per heavy atom. The number of benzene rings is 1. The van der Waals surface area contributed by atoms with Crippen molar-refractivity contribution in [1.29, 1.82) is 0 Å². The van der Waals surface area contributed by atoms with Gasteiger partial charge in [0.25, 0.3) is 5.56 Å². The molecule has 0 spiro atoms. The molecule has 8 nitrogen and oxygen atoms in total. The van der Waals surface area contributed by atoms with Gasteiger partial charge in [0, 0.05) is 37.9 Å². The maximum absolute atomic E-state index is 12.6. The molecule has 142 valence electrons. The molecular weight excluding hydrogens is 354 g/mol. The van der Waals surface area contributed by atoms with Crippen LogP contribution in [-0.4, -0.2) is 35.4 Å². The molecule has 1 aliphatic rings. The highest BCUT2D eigenvalue weighted by atomic mass is 16.1. The van der Waals surface area contributed by atoms with E-state index in [1.165, 1.54) is 4.57 Å². The van der Waals surface area contributed by atoms with Crippen LogP contribution in [0.5, 0.6) is 0 Å². The molecule has 1 aromatic carbocycles. The molecule has 0 bridgehead atoms. The van der Waals surface area contributed by atoms with Gasteiger partial charge in [-0.3, -0.25) is 9.48 Å². The third-order valence-corrected chi connectivity index (χ3v) is 5.16. The van der Waals surface area contributed by atoms with Gasteiger partial charge in [-0.15, -0.1) is 0 Å². The van der Waals surface area contributed by atoms with E-state index in [2.05, 4.69) is 28.7 Å². The van der Waals surface area contributed by atoms with Gasteiger partial charge in [-0.05, 0) is 32.0 Å². The standard InChI is InChI=1S/C20H21N7O/c1-12(2)27-8-6-16(24-27)17-18(26-9-7-21-20(26)23-17)13-4-5-15-14(10-13)19(28)25(3)11-22-15/h4-6,8,10-12H,7,9H2,1-3H3,(H,21,23). The number of aryl methyl sites for hydroxylation is 1. The summed E-state index contributed by atoms with van der Waals surface area (Å²) in [6.45, 7) is 5.86. The minimum absolute atomic E-state index is 0.0585. The van der Waals surface area contributed by atoms with Crippen molar-refractivity contribution in [3.05, 3.63) is 47.1 Å². The van der Waals surface area contributed by atoms with Crippen LogP contribution in [0.1, 0.15) is 19.9 Å². The summed E-state index contributed by atoms with van der Waals surface area (Å²) in [5.74, 6) is 0.836. The summed E-state index contributed by atoms with van der Waals surface area (Å²) in [5.41, 5.74) is 4.19. The number of aromatic nitrogens is 6. The average molecular weight is 375 g/mol. The number of imidazole rings is 1. The zero-order chi connectivity index (χ0) is 19.4. The Bertz CT molecular complexity index is 1260. The van der Waals surface area contributed by atoms with Gasteiger partial charge in [0.05, 0.1) is 22.9 Å². The molecule has 8 heteroatoms. The third kappa shape index (κ3) is 2.45. The number of hydrogen-bond acceptors (Lipinski definition) is 5. The summed E-state index contributed by atoms with van der Waals surface area (Å²) < 4.78 is 5.59. The predicted molar refractivity (Wildman–Crippen MR) is 108 cm³/mol. The second kappa shape index (κ2) is 6.05. The topological polar surface area (TPSA) is 82.6 Å². The highest BCUT2D eigenvalue weighted by Crippen LogP contribution is 2.36. The van der Waals surface area contributed by atoms with Crippen LogP contribution < -0.4 is 10.9 Å². The minimum Gasteiger partial charge on any atom is -0.354 e. The van der Waals surface area contributed by atoms with Crippen LogP contribution in [0.3, 0.4) is 0 Å². The summed E-state index contributed by atoms with van der Waals surface area (Å²) >= 11 is 0. The SMILES string of the molecule is CC(C)n1ccc(-c2nc3n(c2-c2ccc4ncn(C)c(=O)c4c2)CCN3)n1. The molecule has 0 saturated carbocycles. The maximum Gasteiger partial charge on any atom is 0.260 e. The van der Waals surface area contributed by atoms with E-state index in [1.807, 2.05) is 35.1 Å². The van der Waals surface area contributed by atoms with Gasteiger partial charge < -0.3 is 14.5 Å². The van der Waals surface area contributed by atoms with Crippen molar-refractivity contribution in [2.75, 3.05) is 11.9 Å². The first-order chi connectivity index (χ1) is 13.5. The first-order valence-corrected chi connectivity index (χ1v) is 9.38. The molecule has 28 heavy (non-hydrogen) atoms. The number of fused-ring (bicyclic) bond motifs is 2. The Morgan fingerprint density at radius 2 is 2.07 bits per heavy atom. The molecule has 3 aromatic heterocycles. The zero-order valence-electron chi connectivity index (χ0n) is 16.0. The Morgan fingerprint density at radius 3 is 2.86 bits per heavy atom. The van der Waals surface area contributed by atoms with E-state index in [0.29, 0.717) is 10.9 Å². The fourth-order valence-electron chi connectivity index (χ4n) is 3.67. The largest absolute Gasteiger partial charge is 0.354 e. The molecule has 1 N–H and O–H groups in total. The van der Waals surface area contributed by atoms with Gasteiger partial charge in [0.15, 0.2) is 0 Å². The smallest absolute Gasteiger partial charge is 0.260 e. The number of rotatable bonds is 3. The summed E-state index contributed by atoms with van der Waals surface area (Å²) in [6.07, 6.45) is 3.52. The summed E-state index contributed by atoms with van der Waals surface area (Å²) in [6, 6.07) is 8.07. The van der Waals surface area contributed by atoms with Gasteiger partial charge >= 0.3 is 0 Å². The molecule has 0 amide bonds. The first-order valence-electron chi connectivity index (χ1n) is 9.38. The summed E-state index contributed by atoms with van der Waals surface area (Å²) in [5, 5.41) is 8.63. The van der Waals surface area contributed by atoms with Crippen molar-refractivity contribution in [2.24, 2.45) is 7.05 Å². The fraction of sp³-hybridized carbons (Fsp3) is 0.300. The van der Waals surface area contributed by atoms with E-state index in [0.717, 1.165) is 41.7 Å². The molecule has 0 fully saturated rings. The highest BCUT2D eigenvalue weighted by molar-refractivity contribution is 5.87. The lowest BCUT2D eigenvalue weighted by Gasteiger charge is -2.09. The monoisotopic (exact) mass is 375 g/mol. The van der Waals surface area contributed by atoms with Crippen molar-refractivity contribution in [3.63, 3.8) is 0 Å². The van der Waals surface area contributed by atoms with Crippen LogP contribution in [0, 0.1) is 0 Å². The summed E-state index contributed by atoms with van der Waals surface area (Å²) in [7, 11) is 1.71. The van der Waals surface area contributed by atoms with Crippen molar-refractivity contribution in [1.82, 2.24) is 28.9 Å². The molecule has 4 heterocycles. The average Bonchev–Trinajstić information content (AvgIpc) is 3.39. The highest BCUT2D eigenvalue weighted by Gasteiger charge is 2.25. The number of nitrogens with zero attached hydrogens (tertiary/aromatic N) is 6. The zero-order valence-corrected chi connectivity index (χ0v) is 16.0. The van der Waals surface area contributed by atoms with Gasteiger partial charge in [-0.1, -0.05) is 6.07 Å². The van der Waals surface area contributed by atoms with Gasteiger partial charge in [0.2, 0.25) is 5.95 Å². The molecule has 0 atom stereocenters. The first kappa shape index (κ1) is 16.7. The van der Waals surface area contributed by atoms with Crippen molar-refractivity contribution in [2.45, 2.75) is 26.4 Å². The van der Waals surface area contributed by atoms with Crippen LogP contribution in [0.4, 0.5) is 5.95 Å². The molecule has 0 saturated heterocycles. The normalized spacial score (nSPS) is 13.3. The van der Waals surface area contributed by atoms with Gasteiger partial charge in [-0.2, -0.15) is 5.10 Å². The second-order valence-electron chi connectivity index (χ2n) is 7.38. The second-order valence-corrected chi connectivity index (χ2v) is 7.38. The van der Waals surface area contributed by atoms with Gasteiger partial charge in [-0.25, -0.2) is 9.97 Å². The molecule has 1 aliphatic heterocycles. The Hall–Kier alpha value is -3.42. The number of nitrogens with one attached hydrogen (secondary N) is 1. The van der Waals surface area contributed by atoms with Crippen LogP contribution in [0.25, 0.3) is 33.5 Å². The molecule has 0 radical (unpaired) electrons. The maximum atomic E-state index is 12.6. The summed E-state index contributed by atoms with van der Waals surface area (Å²) in [4.78, 5) is 21.7. The lowest BCUT2D eigenvalue weighted by Crippen LogP contribution is -2.16. The van der Waals surface area contributed by atoms with Crippen molar-refractivity contribution in [3.8, 4) is 22.6 Å².